The van der Waals surface area contributed by atoms with Crippen molar-refractivity contribution in [3.05, 3.63) is 42.5 Å². The van der Waals surface area contributed by atoms with Crippen LogP contribution in [0.2, 0.25) is 0 Å². The summed E-state index contributed by atoms with van der Waals surface area (Å²) in [4.78, 5) is 24.4. The molecule has 8 heteroatoms. The maximum atomic E-state index is 12.1. The van der Waals surface area contributed by atoms with E-state index in [1.165, 1.54) is 11.9 Å². The number of nitrogen functional groups attached to an aromatic ring is 1. The maximum Gasteiger partial charge on any atom is 0.220 e. The summed E-state index contributed by atoms with van der Waals surface area (Å²) < 4.78 is 7.71. The number of rotatable bonds is 6. The van der Waals surface area contributed by atoms with Crippen molar-refractivity contribution in [1.82, 2.24) is 24.8 Å². The van der Waals surface area contributed by atoms with Crippen LogP contribution >= 0.6 is 0 Å². The van der Waals surface area contributed by atoms with E-state index in [9.17, 15) is 4.79 Å². The monoisotopic (exact) mass is 352 g/mol. The van der Waals surface area contributed by atoms with E-state index in [0.29, 0.717) is 42.9 Å². The second kappa shape index (κ2) is 6.99. The molecule has 0 fully saturated rings. The number of para-hydroxylation sites is 1. The fraction of sp³-hybridized carbons (Fsp3) is 0.333. The van der Waals surface area contributed by atoms with Gasteiger partial charge in [0, 0.05) is 19.4 Å². The smallest absolute Gasteiger partial charge is 0.220 e. The molecule has 4 rings (SSSR count). The predicted octanol–water partition coefficient (Wildman–Crippen LogP) is 1.31. The summed E-state index contributed by atoms with van der Waals surface area (Å²) in [6.07, 6.45) is 5.05. The van der Waals surface area contributed by atoms with Gasteiger partial charge in [0.1, 0.15) is 23.7 Å². The van der Waals surface area contributed by atoms with Crippen LogP contribution in [0.4, 0.5) is 5.82 Å². The van der Waals surface area contributed by atoms with Crippen molar-refractivity contribution in [2.75, 3.05) is 12.3 Å². The summed E-state index contributed by atoms with van der Waals surface area (Å²) in [5, 5.41) is 2.95. The van der Waals surface area contributed by atoms with Crippen LogP contribution in [0.5, 0.6) is 5.75 Å². The minimum absolute atomic E-state index is 0.00798. The van der Waals surface area contributed by atoms with Crippen LogP contribution in [0.1, 0.15) is 18.4 Å². The summed E-state index contributed by atoms with van der Waals surface area (Å²) in [7, 11) is 0. The normalized spacial score (nSPS) is 15.6. The van der Waals surface area contributed by atoms with Gasteiger partial charge in [0.15, 0.2) is 11.5 Å². The molecule has 1 unspecified atom stereocenters. The second-order valence-corrected chi connectivity index (χ2v) is 6.33. The number of nitrogens with zero attached hydrogens (tertiary/aromatic N) is 4. The summed E-state index contributed by atoms with van der Waals surface area (Å²) in [5.41, 5.74) is 8.25. The maximum absolute atomic E-state index is 12.1. The Balaban J connectivity index is 1.23. The molecule has 0 aliphatic carbocycles. The number of hydrogen-bond acceptors (Lipinski definition) is 6. The third-order valence-electron chi connectivity index (χ3n) is 4.47. The molecule has 134 valence electrons. The number of carbonyl (C=O) groups is 1. The Morgan fingerprint density at radius 1 is 1.31 bits per heavy atom. The van der Waals surface area contributed by atoms with E-state index < -0.39 is 0 Å². The number of hydrogen-bond donors (Lipinski definition) is 2. The molecular formula is C18H20N6O2. The zero-order valence-electron chi connectivity index (χ0n) is 14.3. The van der Waals surface area contributed by atoms with E-state index in [1.807, 2.05) is 22.8 Å². The van der Waals surface area contributed by atoms with E-state index in [0.717, 1.165) is 12.2 Å². The number of aromatic nitrogens is 4. The topological polar surface area (TPSA) is 108 Å². The van der Waals surface area contributed by atoms with Gasteiger partial charge in [-0.15, -0.1) is 0 Å². The van der Waals surface area contributed by atoms with Crippen molar-refractivity contribution >= 4 is 22.9 Å². The standard InChI is InChI=1S/C18H20N6O2/c19-17-16-18(22-10-21-17)24(11-23-16)7-3-6-15(25)20-9-13-8-12-4-1-2-5-14(12)26-13/h1-2,4-5,10-11,13H,3,6-9H2,(H,20,25)(H2,19,21,22). The molecule has 1 aliphatic heterocycles. The van der Waals surface area contributed by atoms with Crippen LogP contribution in [-0.4, -0.2) is 38.1 Å². The quantitative estimate of drug-likeness (QED) is 0.692. The lowest BCUT2D eigenvalue weighted by molar-refractivity contribution is -0.121. The first-order valence-corrected chi connectivity index (χ1v) is 8.63. The number of nitrogens with two attached hydrogens (primary N) is 1. The van der Waals surface area contributed by atoms with Gasteiger partial charge >= 0.3 is 0 Å². The van der Waals surface area contributed by atoms with Gasteiger partial charge in [0.05, 0.1) is 12.9 Å². The number of amides is 1. The Bertz CT molecular complexity index is 913. The fourth-order valence-electron chi connectivity index (χ4n) is 3.16. The molecule has 0 saturated carbocycles. The molecule has 3 heterocycles. The van der Waals surface area contributed by atoms with Gasteiger partial charge in [-0.1, -0.05) is 18.2 Å². The van der Waals surface area contributed by atoms with Crippen molar-refractivity contribution in [2.45, 2.75) is 31.9 Å². The van der Waals surface area contributed by atoms with Gasteiger partial charge in [0.25, 0.3) is 0 Å². The summed E-state index contributed by atoms with van der Waals surface area (Å²) >= 11 is 0. The largest absolute Gasteiger partial charge is 0.488 e. The zero-order chi connectivity index (χ0) is 17.9. The first-order chi connectivity index (χ1) is 12.7. The molecule has 8 nitrogen and oxygen atoms in total. The Labute approximate surface area is 150 Å². The summed E-state index contributed by atoms with van der Waals surface area (Å²) in [5.74, 6) is 1.30. The van der Waals surface area contributed by atoms with E-state index >= 15 is 0 Å². The molecule has 1 aromatic carbocycles. The number of aryl methyl sites for hydroxylation is 1. The average molecular weight is 352 g/mol. The van der Waals surface area contributed by atoms with Crippen LogP contribution in [0, 0.1) is 0 Å². The second-order valence-electron chi connectivity index (χ2n) is 6.33. The van der Waals surface area contributed by atoms with Crippen molar-refractivity contribution in [1.29, 1.82) is 0 Å². The number of benzene rings is 1. The first kappa shape index (κ1) is 16.3. The SMILES string of the molecule is Nc1ncnc2c1ncn2CCCC(=O)NCC1Cc2ccccc2O1. The van der Waals surface area contributed by atoms with Gasteiger partial charge in [-0.05, 0) is 18.1 Å². The average Bonchev–Trinajstić information content (AvgIpc) is 3.25. The molecule has 1 amide bonds. The highest BCUT2D eigenvalue weighted by molar-refractivity contribution is 5.81. The Morgan fingerprint density at radius 3 is 3.08 bits per heavy atom. The minimum Gasteiger partial charge on any atom is -0.488 e. The highest BCUT2D eigenvalue weighted by Gasteiger charge is 2.22. The molecule has 26 heavy (non-hydrogen) atoms. The van der Waals surface area contributed by atoms with Crippen LogP contribution in [0.15, 0.2) is 36.9 Å². The molecule has 0 spiro atoms. The lowest BCUT2D eigenvalue weighted by atomic mass is 10.1. The fourth-order valence-corrected chi connectivity index (χ4v) is 3.16. The first-order valence-electron chi connectivity index (χ1n) is 8.63. The highest BCUT2D eigenvalue weighted by atomic mass is 16.5. The minimum atomic E-state index is 0.00798. The van der Waals surface area contributed by atoms with Crippen molar-refractivity contribution in [3.63, 3.8) is 0 Å². The van der Waals surface area contributed by atoms with Crippen molar-refractivity contribution < 1.29 is 9.53 Å². The van der Waals surface area contributed by atoms with Gasteiger partial charge in [-0.2, -0.15) is 0 Å². The zero-order valence-corrected chi connectivity index (χ0v) is 14.3. The lowest BCUT2D eigenvalue weighted by Crippen LogP contribution is -2.34. The van der Waals surface area contributed by atoms with Crippen LogP contribution in [0.3, 0.4) is 0 Å². The van der Waals surface area contributed by atoms with Gasteiger partial charge in [-0.3, -0.25) is 4.79 Å². The van der Waals surface area contributed by atoms with Gasteiger partial charge < -0.3 is 20.4 Å². The Morgan fingerprint density at radius 2 is 2.19 bits per heavy atom. The Hall–Kier alpha value is -3.16. The van der Waals surface area contributed by atoms with Crippen LogP contribution < -0.4 is 15.8 Å². The van der Waals surface area contributed by atoms with Crippen molar-refractivity contribution in [2.24, 2.45) is 0 Å². The molecule has 1 aliphatic rings. The van der Waals surface area contributed by atoms with E-state index in [2.05, 4.69) is 26.3 Å². The van der Waals surface area contributed by atoms with E-state index in [-0.39, 0.29) is 12.0 Å². The Kier molecular flexibility index (Phi) is 4.39. The number of anilines is 1. The molecule has 0 radical (unpaired) electrons. The number of imidazole rings is 1. The molecule has 3 N–H and O–H groups in total. The van der Waals surface area contributed by atoms with E-state index in [1.54, 1.807) is 6.33 Å². The molecule has 0 bridgehead atoms. The van der Waals surface area contributed by atoms with Crippen LogP contribution in [-0.2, 0) is 17.8 Å². The number of ether oxygens (including phenoxy) is 1. The third-order valence-corrected chi connectivity index (χ3v) is 4.47. The molecule has 1 atom stereocenters. The highest BCUT2D eigenvalue weighted by Crippen LogP contribution is 2.27. The summed E-state index contributed by atoms with van der Waals surface area (Å²) in [6, 6.07) is 7.98. The number of nitrogens with one attached hydrogen (secondary N) is 1. The molecule has 2 aromatic heterocycles. The van der Waals surface area contributed by atoms with Crippen molar-refractivity contribution in [3.8, 4) is 5.75 Å². The number of carbonyl (C=O) groups excluding carboxylic acids is 1. The third kappa shape index (κ3) is 3.30. The lowest BCUT2D eigenvalue weighted by Gasteiger charge is -2.12. The van der Waals surface area contributed by atoms with Gasteiger partial charge in [0.2, 0.25) is 5.91 Å². The molecule has 0 saturated heterocycles. The predicted molar refractivity (Wildman–Crippen MR) is 96.5 cm³/mol. The van der Waals surface area contributed by atoms with Gasteiger partial charge in [-0.25, -0.2) is 15.0 Å². The van der Waals surface area contributed by atoms with Crippen LogP contribution in [0.25, 0.3) is 11.2 Å². The summed E-state index contributed by atoms with van der Waals surface area (Å²) in [6.45, 7) is 1.16. The molecule has 3 aromatic rings. The number of fused-ring (bicyclic) bond motifs is 2. The molecular weight excluding hydrogens is 332 g/mol. The van der Waals surface area contributed by atoms with E-state index in [4.69, 9.17) is 10.5 Å².